The van der Waals surface area contributed by atoms with Gasteiger partial charge in [0.25, 0.3) is 0 Å². The summed E-state index contributed by atoms with van der Waals surface area (Å²) in [6.07, 6.45) is 0.380. The van der Waals surface area contributed by atoms with E-state index < -0.39 is 17.5 Å². The van der Waals surface area contributed by atoms with E-state index in [1.54, 1.807) is 0 Å². The minimum atomic E-state index is -0.736. The minimum Gasteiger partial charge on any atom is -0.298 e. The Labute approximate surface area is 95.5 Å². The van der Waals surface area contributed by atoms with Crippen LogP contribution < -0.4 is 0 Å². The van der Waals surface area contributed by atoms with E-state index in [4.69, 9.17) is 0 Å². The number of rotatable bonds is 2. The molecule has 17 heavy (non-hydrogen) atoms. The van der Waals surface area contributed by atoms with Gasteiger partial charge in [-0.1, -0.05) is 6.07 Å². The van der Waals surface area contributed by atoms with Crippen LogP contribution in [0.15, 0.2) is 36.4 Å². The van der Waals surface area contributed by atoms with Gasteiger partial charge in [-0.25, -0.2) is 13.2 Å². The van der Waals surface area contributed by atoms with Crippen LogP contribution in [0.25, 0.3) is 11.1 Å². The Morgan fingerprint density at radius 1 is 0.824 bits per heavy atom. The van der Waals surface area contributed by atoms with Gasteiger partial charge in [-0.05, 0) is 35.4 Å². The van der Waals surface area contributed by atoms with Crippen molar-refractivity contribution in [3.05, 3.63) is 59.4 Å². The molecule has 2 rings (SSSR count). The average Bonchev–Trinajstić information content (AvgIpc) is 2.27. The van der Waals surface area contributed by atoms with Gasteiger partial charge < -0.3 is 0 Å². The summed E-state index contributed by atoms with van der Waals surface area (Å²) < 4.78 is 39.3. The molecule has 2 aromatic carbocycles. The molecule has 0 heterocycles. The van der Waals surface area contributed by atoms with E-state index in [2.05, 4.69) is 0 Å². The van der Waals surface area contributed by atoms with Gasteiger partial charge in [-0.3, -0.25) is 4.79 Å². The summed E-state index contributed by atoms with van der Waals surface area (Å²) in [5, 5.41) is 0. The molecular formula is C13H7F3O. The quantitative estimate of drug-likeness (QED) is 0.728. The standard InChI is InChI=1S/C13H7F3O/c14-11-3-10(4-12(15)6-11)8-1-2-9(7-17)13(16)5-8/h1-7H. The largest absolute Gasteiger partial charge is 0.298 e. The van der Waals surface area contributed by atoms with E-state index >= 15 is 0 Å². The van der Waals surface area contributed by atoms with Gasteiger partial charge in [0, 0.05) is 6.07 Å². The highest BCUT2D eigenvalue weighted by atomic mass is 19.1. The van der Waals surface area contributed by atoms with Crippen molar-refractivity contribution >= 4 is 6.29 Å². The fourth-order valence-corrected chi connectivity index (χ4v) is 1.52. The number of aldehydes is 1. The van der Waals surface area contributed by atoms with Crippen molar-refractivity contribution in [3.8, 4) is 11.1 Å². The average molecular weight is 236 g/mol. The Morgan fingerprint density at radius 3 is 2.00 bits per heavy atom. The smallest absolute Gasteiger partial charge is 0.152 e. The molecule has 0 aliphatic rings. The summed E-state index contributed by atoms with van der Waals surface area (Å²) in [5.41, 5.74) is 0.441. The van der Waals surface area contributed by atoms with Crippen LogP contribution in [0.2, 0.25) is 0 Å². The molecule has 0 bridgehead atoms. The molecule has 0 radical (unpaired) electrons. The molecule has 4 heteroatoms. The maximum Gasteiger partial charge on any atom is 0.152 e. The van der Waals surface area contributed by atoms with Crippen molar-refractivity contribution in [1.82, 2.24) is 0 Å². The molecule has 0 saturated carbocycles. The first kappa shape index (κ1) is 11.4. The number of hydrogen-bond acceptors (Lipinski definition) is 1. The zero-order valence-electron chi connectivity index (χ0n) is 8.58. The SMILES string of the molecule is O=Cc1ccc(-c2cc(F)cc(F)c2)cc1F. The number of benzene rings is 2. The molecule has 0 aromatic heterocycles. The summed E-state index contributed by atoms with van der Waals surface area (Å²) >= 11 is 0. The summed E-state index contributed by atoms with van der Waals surface area (Å²) in [4.78, 5) is 10.4. The molecular weight excluding hydrogens is 229 g/mol. The second-order valence-electron chi connectivity index (χ2n) is 3.51. The van der Waals surface area contributed by atoms with Crippen molar-refractivity contribution < 1.29 is 18.0 Å². The zero-order valence-corrected chi connectivity index (χ0v) is 8.58. The molecule has 0 atom stereocenters. The van der Waals surface area contributed by atoms with Crippen molar-refractivity contribution in [2.75, 3.05) is 0 Å². The van der Waals surface area contributed by atoms with Crippen molar-refractivity contribution in [3.63, 3.8) is 0 Å². The van der Waals surface area contributed by atoms with Gasteiger partial charge >= 0.3 is 0 Å². The van der Waals surface area contributed by atoms with Gasteiger partial charge in [0.1, 0.15) is 17.5 Å². The first-order valence-electron chi connectivity index (χ1n) is 4.81. The molecule has 86 valence electrons. The topological polar surface area (TPSA) is 17.1 Å². The molecule has 1 nitrogen and oxygen atoms in total. The highest BCUT2D eigenvalue weighted by Gasteiger charge is 2.06. The molecule has 0 fully saturated rings. The van der Waals surface area contributed by atoms with Crippen molar-refractivity contribution in [1.29, 1.82) is 0 Å². The predicted molar refractivity (Wildman–Crippen MR) is 57.1 cm³/mol. The number of halogens is 3. The second-order valence-corrected chi connectivity index (χ2v) is 3.51. The molecule has 2 aromatic rings. The monoisotopic (exact) mass is 236 g/mol. The molecule has 0 aliphatic carbocycles. The van der Waals surface area contributed by atoms with Gasteiger partial charge in [0.15, 0.2) is 6.29 Å². The summed E-state index contributed by atoms with van der Waals surface area (Å²) in [7, 11) is 0. The van der Waals surface area contributed by atoms with E-state index in [1.807, 2.05) is 0 Å². The van der Waals surface area contributed by atoms with Crippen molar-refractivity contribution in [2.45, 2.75) is 0 Å². The Kier molecular flexibility index (Phi) is 2.95. The molecule has 0 aliphatic heterocycles. The Morgan fingerprint density at radius 2 is 1.47 bits per heavy atom. The Balaban J connectivity index is 2.53. The van der Waals surface area contributed by atoms with E-state index in [9.17, 15) is 18.0 Å². The van der Waals surface area contributed by atoms with E-state index in [1.165, 1.54) is 12.1 Å². The van der Waals surface area contributed by atoms with E-state index in [0.29, 0.717) is 11.8 Å². The summed E-state index contributed by atoms with van der Waals surface area (Å²) in [6, 6.07) is 6.69. The van der Waals surface area contributed by atoms with Crippen LogP contribution >= 0.6 is 0 Å². The first-order chi connectivity index (χ1) is 8.10. The minimum absolute atomic E-state index is 0.0920. The van der Waals surface area contributed by atoms with Crippen LogP contribution in [-0.4, -0.2) is 6.29 Å². The third-order valence-corrected chi connectivity index (χ3v) is 2.32. The lowest BCUT2D eigenvalue weighted by Crippen LogP contribution is -1.89. The van der Waals surface area contributed by atoms with E-state index in [0.717, 1.165) is 24.3 Å². The van der Waals surface area contributed by atoms with Crippen LogP contribution in [0.1, 0.15) is 10.4 Å². The molecule has 0 spiro atoms. The molecule has 0 N–H and O–H groups in total. The van der Waals surface area contributed by atoms with Crippen LogP contribution in [0.5, 0.6) is 0 Å². The lowest BCUT2D eigenvalue weighted by molar-refractivity contribution is 0.112. The maximum atomic E-state index is 13.3. The van der Waals surface area contributed by atoms with Crippen LogP contribution in [0.3, 0.4) is 0 Å². The predicted octanol–water partition coefficient (Wildman–Crippen LogP) is 3.58. The van der Waals surface area contributed by atoms with Crippen LogP contribution in [0.4, 0.5) is 13.2 Å². The highest BCUT2D eigenvalue weighted by Crippen LogP contribution is 2.23. The normalized spacial score (nSPS) is 10.3. The number of hydrogen-bond donors (Lipinski definition) is 0. The highest BCUT2D eigenvalue weighted by molar-refractivity contribution is 5.77. The fraction of sp³-hybridized carbons (Fsp3) is 0. The van der Waals surface area contributed by atoms with Gasteiger partial charge in [-0.15, -0.1) is 0 Å². The fourth-order valence-electron chi connectivity index (χ4n) is 1.52. The van der Waals surface area contributed by atoms with Crippen LogP contribution in [0, 0.1) is 17.5 Å². The number of carbonyl (C=O) groups excluding carboxylic acids is 1. The van der Waals surface area contributed by atoms with Gasteiger partial charge in [0.2, 0.25) is 0 Å². The Hall–Kier alpha value is -2.10. The second kappa shape index (κ2) is 4.41. The van der Waals surface area contributed by atoms with E-state index in [-0.39, 0.29) is 11.1 Å². The first-order valence-corrected chi connectivity index (χ1v) is 4.81. The van der Waals surface area contributed by atoms with Gasteiger partial charge in [-0.2, -0.15) is 0 Å². The Bertz CT molecular complexity index is 559. The maximum absolute atomic E-state index is 13.3. The van der Waals surface area contributed by atoms with Crippen LogP contribution in [-0.2, 0) is 0 Å². The van der Waals surface area contributed by atoms with Crippen molar-refractivity contribution in [2.24, 2.45) is 0 Å². The third kappa shape index (κ3) is 2.36. The summed E-state index contributed by atoms with van der Waals surface area (Å²) in [5.74, 6) is -2.19. The molecule has 0 saturated heterocycles. The third-order valence-electron chi connectivity index (χ3n) is 2.32. The molecule has 0 unspecified atom stereocenters. The summed E-state index contributed by atoms with van der Waals surface area (Å²) in [6.45, 7) is 0. The lowest BCUT2D eigenvalue weighted by atomic mass is 10.0. The molecule has 0 amide bonds. The van der Waals surface area contributed by atoms with Gasteiger partial charge in [0.05, 0.1) is 5.56 Å². The lowest BCUT2D eigenvalue weighted by Gasteiger charge is -2.03. The zero-order chi connectivity index (χ0) is 12.4. The number of carbonyl (C=O) groups is 1.